The third kappa shape index (κ3) is 2.30. The Morgan fingerprint density at radius 1 is 1.24 bits per heavy atom. The number of carbonyl (C=O) groups is 1. The Kier molecular flexibility index (Phi) is 2.86. The molecule has 0 spiro atoms. The van der Waals surface area contributed by atoms with Crippen LogP contribution in [-0.2, 0) is 0 Å². The van der Waals surface area contributed by atoms with Gasteiger partial charge in [-0.2, -0.15) is 5.10 Å². The van der Waals surface area contributed by atoms with Gasteiger partial charge < -0.3 is 5.32 Å². The van der Waals surface area contributed by atoms with Crippen molar-refractivity contribution in [2.75, 3.05) is 5.32 Å². The largest absolute Gasteiger partial charge is 0.317 e. The van der Waals surface area contributed by atoms with Crippen molar-refractivity contribution >= 4 is 11.6 Å². The number of aryl methyl sites for hydroxylation is 3. The normalized spacial score (nSPS) is 10.3. The Balaban J connectivity index is 2.20. The molecule has 2 rings (SSSR count). The lowest BCUT2D eigenvalue weighted by Crippen LogP contribution is -2.15. The van der Waals surface area contributed by atoms with Crippen molar-refractivity contribution in [3.8, 4) is 0 Å². The van der Waals surface area contributed by atoms with E-state index in [1.54, 1.807) is 6.20 Å². The molecule has 0 atom stereocenters. The number of rotatable bonds is 2. The van der Waals surface area contributed by atoms with Crippen molar-refractivity contribution in [3.05, 3.63) is 35.2 Å². The maximum atomic E-state index is 11.9. The van der Waals surface area contributed by atoms with Crippen molar-refractivity contribution < 1.29 is 4.79 Å². The zero-order valence-corrected chi connectivity index (χ0v) is 9.90. The summed E-state index contributed by atoms with van der Waals surface area (Å²) >= 11 is 0. The number of nitrogens with zero attached hydrogens (tertiary/aromatic N) is 3. The van der Waals surface area contributed by atoms with Crippen LogP contribution >= 0.6 is 0 Å². The highest BCUT2D eigenvalue weighted by Gasteiger charge is 2.12. The summed E-state index contributed by atoms with van der Waals surface area (Å²) in [7, 11) is 0. The minimum Gasteiger partial charge on any atom is -0.317 e. The van der Waals surface area contributed by atoms with E-state index < -0.39 is 0 Å². The number of hydrogen-bond acceptors (Lipinski definition) is 4. The van der Waals surface area contributed by atoms with Crippen molar-refractivity contribution in [2.24, 2.45) is 0 Å². The summed E-state index contributed by atoms with van der Waals surface area (Å²) < 4.78 is 0. The van der Waals surface area contributed by atoms with E-state index in [1.165, 1.54) is 6.20 Å². The fourth-order valence-corrected chi connectivity index (χ4v) is 1.42. The Bertz CT molecular complexity index is 524. The topological polar surface area (TPSA) is 83.6 Å². The molecule has 0 saturated carbocycles. The smallest absolute Gasteiger partial charge is 0.275 e. The maximum Gasteiger partial charge on any atom is 0.275 e. The standard InChI is InChI=1S/C11H13N5O/c1-6-4-13-9(5-12-6)11(17)14-10-7(2)15-16-8(10)3/h4-5H,1-3H3,(H,14,17)(H,15,16). The molecule has 17 heavy (non-hydrogen) atoms. The first-order chi connectivity index (χ1) is 8.08. The van der Waals surface area contributed by atoms with Gasteiger partial charge in [-0.3, -0.25) is 14.9 Å². The lowest BCUT2D eigenvalue weighted by atomic mass is 10.3. The van der Waals surface area contributed by atoms with Crippen LogP contribution in [0.3, 0.4) is 0 Å². The molecule has 0 radical (unpaired) electrons. The fourth-order valence-electron chi connectivity index (χ4n) is 1.42. The third-order valence-corrected chi connectivity index (χ3v) is 2.38. The monoisotopic (exact) mass is 231 g/mol. The lowest BCUT2D eigenvalue weighted by molar-refractivity contribution is 0.102. The Labute approximate surface area is 98.5 Å². The predicted octanol–water partition coefficient (Wildman–Crippen LogP) is 1.38. The molecule has 0 bridgehead atoms. The molecule has 0 saturated heterocycles. The van der Waals surface area contributed by atoms with Gasteiger partial charge in [0.2, 0.25) is 0 Å². The van der Waals surface area contributed by atoms with Crippen LogP contribution in [0.2, 0.25) is 0 Å². The van der Waals surface area contributed by atoms with Crippen LogP contribution < -0.4 is 5.32 Å². The SMILES string of the molecule is Cc1cnc(C(=O)Nc2c(C)n[nH]c2C)cn1. The van der Waals surface area contributed by atoms with Crippen LogP contribution in [0.1, 0.15) is 27.6 Å². The van der Waals surface area contributed by atoms with Crippen molar-refractivity contribution in [1.29, 1.82) is 0 Å². The second-order valence-electron chi connectivity index (χ2n) is 3.81. The summed E-state index contributed by atoms with van der Waals surface area (Å²) in [6, 6.07) is 0. The number of aromatic nitrogens is 4. The van der Waals surface area contributed by atoms with Crippen LogP contribution in [0.4, 0.5) is 5.69 Å². The molecule has 1 amide bonds. The van der Waals surface area contributed by atoms with Crippen LogP contribution in [-0.4, -0.2) is 26.1 Å². The highest BCUT2D eigenvalue weighted by atomic mass is 16.1. The van der Waals surface area contributed by atoms with Crippen molar-refractivity contribution in [2.45, 2.75) is 20.8 Å². The number of H-pyrrole nitrogens is 1. The van der Waals surface area contributed by atoms with Crippen LogP contribution in [0.15, 0.2) is 12.4 Å². The molecule has 0 aliphatic rings. The van der Waals surface area contributed by atoms with Gasteiger partial charge in [-0.05, 0) is 20.8 Å². The van der Waals surface area contributed by atoms with E-state index in [9.17, 15) is 4.79 Å². The van der Waals surface area contributed by atoms with Gasteiger partial charge in [0, 0.05) is 6.20 Å². The molecule has 2 aromatic heterocycles. The molecule has 6 nitrogen and oxygen atoms in total. The fraction of sp³-hybridized carbons (Fsp3) is 0.273. The molecule has 0 aromatic carbocycles. The first kappa shape index (κ1) is 11.3. The zero-order chi connectivity index (χ0) is 12.4. The number of amides is 1. The van der Waals surface area contributed by atoms with E-state index in [0.29, 0.717) is 5.69 Å². The van der Waals surface area contributed by atoms with Gasteiger partial charge >= 0.3 is 0 Å². The summed E-state index contributed by atoms with van der Waals surface area (Å²) in [4.78, 5) is 19.9. The molecular formula is C11H13N5O. The van der Waals surface area contributed by atoms with E-state index >= 15 is 0 Å². The molecule has 6 heteroatoms. The first-order valence-electron chi connectivity index (χ1n) is 5.19. The predicted molar refractivity (Wildman–Crippen MR) is 62.8 cm³/mol. The molecule has 0 unspecified atom stereocenters. The molecule has 0 aliphatic heterocycles. The molecule has 2 heterocycles. The summed E-state index contributed by atoms with van der Waals surface area (Å²) in [6.45, 7) is 5.48. The van der Waals surface area contributed by atoms with Gasteiger partial charge in [0.1, 0.15) is 5.69 Å². The summed E-state index contributed by atoms with van der Waals surface area (Å²) in [5, 5.41) is 9.56. The van der Waals surface area contributed by atoms with Gasteiger partial charge in [0.15, 0.2) is 0 Å². The molecule has 0 fully saturated rings. The number of anilines is 1. The van der Waals surface area contributed by atoms with E-state index in [1.807, 2.05) is 20.8 Å². The minimum atomic E-state index is -0.287. The highest BCUT2D eigenvalue weighted by Crippen LogP contribution is 2.16. The molecule has 2 aromatic rings. The van der Waals surface area contributed by atoms with E-state index in [4.69, 9.17) is 0 Å². The van der Waals surface area contributed by atoms with Gasteiger partial charge in [-0.15, -0.1) is 0 Å². The van der Waals surface area contributed by atoms with E-state index in [-0.39, 0.29) is 11.6 Å². The quantitative estimate of drug-likeness (QED) is 0.817. The Morgan fingerprint density at radius 3 is 2.53 bits per heavy atom. The summed E-state index contributed by atoms with van der Waals surface area (Å²) in [5.74, 6) is -0.287. The number of hydrogen-bond donors (Lipinski definition) is 2. The van der Waals surface area contributed by atoms with Crippen LogP contribution in [0.5, 0.6) is 0 Å². The second kappa shape index (κ2) is 4.32. The zero-order valence-electron chi connectivity index (χ0n) is 9.90. The third-order valence-electron chi connectivity index (χ3n) is 2.38. The molecule has 2 N–H and O–H groups in total. The maximum absolute atomic E-state index is 11.9. The molecule has 88 valence electrons. The Morgan fingerprint density at radius 2 is 2.00 bits per heavy atom. The average molecular weight is 231 g/mol. The minimum absolute atomic E-state index is 0.287. The van der Waals surface area contributed by atoms with E-state index in [2.05, 4.69) is 25.5 Å². The highest BCUT2D eigenvalue weighted by molar-refractivity contribution is 6.03. The van der Waals surface area contributed by atoms with E-state index in [0.717, 1.165) is 17.1 Å². The Hall–Kier alpha value is -2.24. The summed E-state index contributed by atoms with van der Waals surface area (Å²) in [5.41, 5.74) is 3.32. The van der Waals surface area contributed by atoms with Crippen molar-refractivity contribution in [1.82, 2.24) is 20.2 Å². The first-order valence-corrected chi connectivity index (χ1v) is 5.19. The second-order valence-corrected chi connectivity index (χ2v) is 3.81. The molecule has 0 aliphatic carbocycles. The van der Waals surface area contributed by atoms with Crippen molar-refractivity contribution in [3.63, 3.8) is 0 Å². The number of aromatic amines is 1. The number of carbonyl (C=O) groups excluding carboxylic acids is 1. The number of nitrogens with one attached hydrogen (secondary N) is 2. The van der Waals surface area contributed by atoms with Gasteiger partial charge in [-0.1, -0.05) is 0 Å². The van der Waals surface area contributed by atoms with Crippen LogP contribution in [0.25, 0.3) is 0 Å². The average Bonchev–Trinajstić information content (AvgIpc) is 2.61. The van der Waals surface area contributed by atoms with Crippen LogP contribution in [0, 0.1) is 20.8 Å². The summed E-state index contributed by atoms with van der Waals surface area (Å²) in [6.07, 6.45) is 3.01. The molecular weight excluding hydrogens is 218 g/mol. The lowest BCUT2D eigenvalue weighted by Gasteiger charge is -2.04. The van der Waals surface area contributed by atoms with Gasteiger partial charge in [0.25, 0.3) is 5.91 Å². The van der Waals surface area contributed by atoms with Gasteiger partial charge in [-0.25, -0.2) is 4.98 Å². The van der Waals surface area contributed by atoms with Gasteiger partial charge in [0.05, 0.1) is 29.0 Å².